The second-order valence-electron chi connectivity index (χ2n) is 8.91. The number of hydrogen-bond acceptors (Lipinski definition) is 4. The fraction of sp³-hybridized carbons (Fsp3) is 0.212. The van der Waals surface area contributed by atoms with Gasteiger partial charge in [-0.3, -0.25) is 14.0 Å². The Bertz CT molecular complexity index is 1330. The number of benzene rings is 4. The molecule has 39 heavy (non-hydrogen) atoms. The SMILES string of the molecule is CC(=O)c1c(C)cc(N)cc1C.CC(=O)c1c(C)cc(Nc2ccccc2)cc1C.Ic1ccccc1.[2H]CF. The number of nitrogen functional groups attached to an aromatic ring is 1. The maximum atomic E-state index is 11.5. The van der Waals surface area contributed by atoms with Gasteiger partial charge in [-0.25, -0.2) is 0 Å². The number of anilines is 3. The number of carbonyl (C=O) groups is 2. The van der Waals surface area contributed by atoms with Crippen LogP contribution in [0.5, 0.6) is 0 Å². The number of hydrogen-bond donors (Lipinski definition) is 2. The Morgan fingerprint density at radius 3 is 1.41 bits per heavy atom. The van der Waals surface area contributed by atoms with E-state index in [-0.39, 0.29) is 11.6 Å². The zero-order chi connectivity index (χ0) is 30.2. The van der Waals surface area contributed by atoms with Crippen LogP contribution in [-0.4, -0.2) is 18.7 Å². The molecule has 4 nitrogen and oxygen atoms in total. The molecule has 0 heterocycles. The zero-order valence-corrected chi connectivity index (χ0v) is 25.6. The molecule has 4 aromatic carbocycles. The molecule has 0 spiro atoms. The minimum Gasteiger partial charge on any atom is -0.399 e. The smallest absolute Gasteiger partial charge is 0.160 e. The lowest BCUT2D eigenvalue weighted by atomic mass is 9.99. The molecule has 0 radical (unpaired) electrons. The summed E-state index contributed by atoms with van der Waals surface area (Å²) in [5, 5.41) is 3.34. The molecule has 0 aromatic heterocycles. The first-order chi connectivity index (χ1) is 18.9. The Labute approximate surface area is 247 Å². The molecule has 0 fully saturated rings. The number of nitrogens with one attached hydrogen (secondary N) is 1. The van der Waals surface area contributed by atoms with E-state index < -0.39 is 7.15 Å². The molecule has 0 aliphatic rings. The van der Waals surface area contributed by atoms with Crippen LogP contribution in [0.1, 0.15) is 58.2 Å². The van der Waals surface area contributed by atoms with Crippen molar-refractivity contribution < 1.29 is 15.4 Å². The molecule has 0 bridgehead atoms. The summed E-state index contributed by atoms with van der Waals surface area (Å²) >= 11 is 2.28. The van der Waals surface area contributed by atoms with Gasteiger partial charge in [0.2, 0.25) is 0 Å². The summed E-state index contributed by atoms with van der Waals surface area (Å²) in [6.45, 7) is 10.9. The average molecular weight is 642 g/mol. The molecule has 0 atom stereocenters. The molecule has 0 aliphatic heterocycles. The molecule has 0 saturated carbocycles. The molecule has 0 unspecified atom stereocenters. The lowest BCUT2D eigenvalue weighted by Gasteiger charge is -2.12. The van der Waals surface area contributed by atoms with Crippen molar-refractivity contribution in [3.63, 3.8) is 0 Å². The van der Waals surface area contributed by atoms with Crippen molar-refractivity contribution in [1.29, 1.82) is 0 Å². The van der Waals surface area contributed by atoms with Gasteiger partial charge in [0.25, 0.3) is 0 Å². The van der Waals surface area contributed by atoms with E-state index >= 15 is 0 Å². The average Bonchev–Trinajstić information content (AvgIpc) is 2.85. The number of halogens is 2. The van der Waals surface area contributed by atoms with Gasteiger partial charge < -0.3 is 11.1 Å². The van der Waals surface area contributed by atoms with Gasteiger partial charge in [0.1, 0.15) is 0 Å². The summed E-state index contributed by atoms with van der Waals surface area (Å²) in [6, 6.07) is 27.9. The number of alkyl halides is 1. The molecule has 0 amide bonds. The Morgan fingerprint density at radius 2 is 1.08 bits per heavy atom. The number of rotatable bonds is 4. The molecule has 6 heteroatoms. The topological polar surface area (TPSA) is 72.2 Å². The van der Waals surface area contributed by atoms with Crippen LogP contribution in [0.4, 0.5) is 21.5 Å². The molecule has 4 rings (SSSR count). The predicted molar refractivity (Wildman–Crippen MR) is 172 cm³/mol. The van der Waals surface area contributed by atoms with Gasteiger partial charge in [-0.1, -0.05) is 36.4 Å². The minimum atomic E-state index is -1.00. The van der Waals surface area contributed by atoms with E-state index in [0.29, 0.717) is 0 Å². The third-order valence-corrected chi connectivity index (χ3v) is 6.31. The molecular formula is C33H38FIN2O2. The van der Waals surface area contributed by atoms with E-state index in [9.17, 15) is 14.0 Å². The van der Waals surface area contributed by atoms with Gasteiger partial charge in [-0.2, -0.15) is 0 Å². The van der Waals surface area contributed by atoms with E-state index in [1.165, 1.54) is 3.57 Å². The van der Waals surface area contributed by atoms with Crippen LogP contribution in [-0.2, 0) is 0 Å². The molecule has 0 saturated heterocycles. The van der Waals surface area contributed by atoms with Crippen LogP contribution in [0, 0.1) is 31.3 Å². The Balaban J connectivity index is 0.000000312. The summed E-state index contributed by atoms with van der Waals surface area (Å²) in [6.07, 6.45) is 0. The van der Waals surface area contributed by atoms with Crippen molar-refractivity contribution in [3.8, 4) is 0 Å². The lowest BCUT2D eigenvalue weighted by molar-refractivity contribution is 0.100. The maximum absolute atomic E-state index is 11.5. The first kappa shape index (κ1) is 31.7. The first-order valence-corrected chi connectivity index (χ1v) is 13.4. The number of nitrogens with two attached hydrogens (primary N) is 1. The quantitative estimate of drug-likeness (QED) is 0.132. The number of para-hydroxylation sites is 1. The Morgan fingerprint density at radius 1 is 0.718 bits per heavy atom. The van der Waals surface area contributed by atoms with E-state index in [0.717, 1.165) is 50.4 Å². The van der Waals surface area contributed by atoms with Crippen molar-refractivity contribution in [3.05, 3.63) is 122 Å². The van der Waals surface area contributed by atoms with Crippen LogP contribution < -0.4 is 11.1 Å². The van der Waals surface area contributed by atoms with Crippen LogP contribution in [0.25, 0.3) is 0 Å². The fourth-order valence-electron chi connectivity index (χ4n) is 4.25. The van der Waals surface area contributed by atoms with Crippen molar-refractivity contribution in [2.75, 3.05) is 18.2 Å². The van der Waals surface area contributed by atoms with Gasteiger partial charge in [-0.05, 0) is 135 Å². The fourth-order valence-corrected chi connectivity index (χ4v) is 4.66. The lowest BCUT2D eigenvalue weighted by Crippen LogP contribution is -2.01. The van der Waals surface area contributed by atoms with Crippen molar-refractivity contribution >= 4 is 51.2 Å². The number of aryl methyl sites for hydroxylation is 4. The third kappa shape index (κ3) is 11.4. The molecular weight excluding hydrogens is 602 g/mol. The van der Waals surface area contributed by atoms with E-state index in [1.807, 2.05) is 100 Å². The number of ketones is 2. The molecule has 0 aliphatic carbocycles. The standard InChI is InChI=1S/C16H17NO.C10H13NO.C6H5I.CH3F/c1-11-9-15(10-12(2)16(11)13(3)18)17-14-7-5-4-6-8-14;1-6-4-9(11)5-7(2)10(6)8(3)12;7-6-4-2-1-3-5-6;1-2/h4-10,17H,1-3H3;4-5H,11H2,1-3H3;1-5H;1H3/i;;;1D. The predicted octanol–water partition coefficient (Wildman–Crippen LogP) is 9.21. The van der Waals surface area contributed by atoms with E-state index in [1.54, 1.807) is 13.8 Å². The normalized spacial score (nSPS) is 9.79. The largest absolute Gasteiger partial charge is 0.399 e. The zero-order valence-electron chi connectivity index (χ0n) is 24.4. The second kappa shape index (κ2) is 17.1. The molecule has 206 valence electrons. The van der Waals surface area contributed by atoms with Crippen LogP contribution in [0.2, 0.25) is 0 Å². The van der Waals surface area contributed by atoms with Crippen molar-refractivity contribution in [2.24, 2.45) is 0 Å². The highest BCUT2D eigenvalue weighted by atomic mass is 127. The first-order valence-electron chi connectivity index (χ1n) is 13.0. The van der Waals surface area contributed by atoms with Gasteiger partial charge in [0, 0.05) is 31.8 Å². The number of Topliss-reactive ketones (excluding diaryl/α,β-unsaturated/α-hetero) is 2. The van der Waals surface area contributed by atoms with Crippen LogP contribution in [0.3, 0.4) is 0 Å². The highest BCUT2D eigenvalue weighted by Gasteiger charge is 2.09. The third-order valence-electron chi connectivity index (χ3n) is 5.59. The summed E-state index contributed by atoms with van der Waals surface area (Å²) < 4.78 is 16.8. The summed E-state index contributed by atoms with van der Waals surface area (Å²) in [5.41, 5.74) is 14.0. The van der Waals surface area contributed by atoms with Gasteiger partial charge in [0.15, 0.2) is 11.6 Å². The van der Waals surface area contributed by atoms with Crippen LogP contribution in [0.15, 0.2) is 84.9 Å². The van der Waals surface area contributed by atoms with Crippen LogP contribution >= 0.6 is 22.6 Å². The van der Waals surface area contributed by atoms with Crippen molar-refractivity contribution in [1.82, 2.24) is 0 Å². The summed E-state index contributed by atoms with van der Waals surface area (Å²) in [4.78, 5) is 22.7. The molecule has 3 N–H and O–H groups in total. The summed E-state index contributed by atoms with van der Waals surface area (Å²) in [5.74, 6) is 0.223. The van der Waals surface area contributed by atoms with E-state index in [4.69, 9.17) is 7.10 Å². The van der Waals surface area contributed by atoms with Gasteiger partial charge >= 0.3 is 0 Å². The summed E-state index contributed by atoms with van der Waals surface area (Å²) in [7, 11) is -1.00. The van der Waals surface area contributed by atoms with Crippen molar-refractivity contribution in [2.45, 2.75) is 41.5 Å². The van der Waals surface area contributed by atoms with Gasteiger partial charge in [-0.15, -0.1) is 0 Å². The minimum absolute atomic E-state index is 0.102. The maximum Gasteiger partial charge on any atom is 0.160 e. The highest BCUT2D eigenvalue weighted by Crippen LogP contribution is 2.23. The Hall–Kier alpha value is -3.52. The van der Waals surface area contributed by atoms with Gasteiger partial charge in [0.05, 0.1) is 8.52 Å². The Kier molecular flexibility index (Phi) is 13.9. The highest BCUT2D eigenvalue weighted by molar-refractivity contribution is 14.1. The monoisotopic (exact) mass is 641 g/mol. The number of carbonyl (C=O) groups excluding carboxylic acids is 2. The second-order valence-corrected chi connectivity index (χ2v) is 10.2. The molecule has 4 aromatic rings. The van der Waals surface area contributed by atoms with E-state index in [2.05, 4.69) is 40.0 Å².